The summed E-state index contributed by atoms with van der Waals surface area (Å²) in [4.78, 5) is 11.4. The van der Waals surface area contributed by atoms with Gasteiger partial charge in [-0.2, -0.15) is 5.10 Å². The van der Waals surface area contributed by atoms with Crippen LogP contribution >= 0.6 is 0 Å². The minimum absolute atomic E-state index is 0.198. The maximum absolute atomic E-state index is 11.4. The molecule has 2 N–H and O–H groups in total. The largest absolute Gasteiger partial charge is 0.306 e. The van der Waals surface area contributed by atoms with E-state index in [2.05, 4.69) is 15.5 Å². The Labute approximate surface area is 93.0 Å². The van der Waals surface area contributed by atoms with Crippen LogP contribution in [0.1, 0.15) is 5.56 Å². The maximum Gasteiger partial charge on any atom is 0.249 e. The fourth-order valence-corrected chi connectivity index (χ4v) is 1.23. The molecule has 1 aromatic carbocycles. The summed E-state index contributed by atoms with van der Waals surface area (Å²) >= 11 is 0. The summed E-state index contributed by atoms with van der Waals surface area (Å²) in [6, 6.07) is 11.3. The Morgan fingerprint density at radius 2 is 2.06 bits per heavy atom. The van der Waals surface area contributed by atoms with Crippen LogP contribution in [-0.4, -0.2) is 16.1 Å². The maximum atomic E-state index is 11.4. The molecular formula is C12H11N3O. The average Bonchev–Trinajstić information content (AvgIpc) is 2.81. The quantitative estimate of drug-likeness (QED) is 0.767. The van der Waals surface area contributed by atoms with E-state index in [0.717, 1.165) is 5.56 Å². The van der Waals surface area contributed by atoms with Crippen molar-refractivity contribution in [3.63, 3.8) is 0 Å². The predicted molar refractivity (Wildman–Crippen MR) is 62.7 cm³/mol. The highest BCUT2D eigenvalue weighted by Gasteiger charge is 1.97. The zero-order valence-corrected chi connectivity index (χ0v) is 8.55. The molecule has 0 fully saturated rings. The van der Waals surface area contributed by atoms with E-state index in [0.29, 0.717) is 5.82 Å². The van der Waals surface area contributed by atoms with Gasteiger partial charge < -0.3 is 5.32 Å². The van der Waals surface area contributed by atoms with Gasteiger partial charge >= 0.3 is 0 Å². The molecule has 4 nitrogen and oxygen atoms in total. The monoisotopic (exact) mass is 213 g/mol. The van der Waals surface area contributed by atoms with Crippen LogP contribution in [0.15, 0.2) is 48.7 Å². The SMILES string of the molecule is O=C(/C=C\c1ccccc1)Nc1cc[nH]n1. The van der Waals surface area contributed by atoms with Crippen molar-refractivity contribution in [1.82, 2.24) is 10.2 Å². The molecule has 1 heterocycles. The first-order valence-corrected chi connectivity index (χ1v) is 4.88. The molecule has 0 atom stereocenters. The number of nitrogens with one attached hydrogen (secondary N) is 2. The van der Waals surface area contributed by atoms with Crippen LogP contribution in [0.3, 0.4) is 0 Å². The van der Waals surface area contributed by atoms with Crippen molar-refractivity contribution < 1.29 is 4.79 Å². The Morgan fingerprint density at radius 3 is 2.75 bits per heavy atom. The first kappa shape index (κ1) is 10.2. The molecule has 4 heteroatoms. The number of nitrogens with zero attached hydrogens (tertiary/aromatic N) is 1. The Morgan fingerprint density at radius 1 is 1.25 bits per heavy atom. The number of carbonyl (C=O) groups is 1. The van der Waals surface area contributed by atoms with Crippen molar-refractivity contribution in [3.8, 4) is 0 Å². The van der Waals surface area contributed by atoms with E-state index in [1.807, 2.05) is 30.3 Å². The second-order valence-electron chi connectivity index (χ2n) is 3.19. The van der Waals surface area contributed by atoms with Gasteiger partial charge in [0, 0.05) is 18.3 Å². The number of hydrogen-bond donors (Lipinski definition) is 2. The molecule has 0 aliphatic heterocycles. The minimum atomic E-state index is -0.198. The molecule has 0 saturated carbocycles. The lowest BCUT2D eigenvalue weighted by Gasteiger charge is -1.95. The smallest absolute Gasteiger partial charge is 0.249 e. The summed E-state index contributed by atoms with van der Waals surface area (Å²) in [6.45, 7) is 0. The van der Waals surface area contributed by atoms with Gasteiger partial charge in [0.25, 0.3) is 0 Å². The Balaban J connectivity index is 1.95. The van der Waals surface area contributed by atoms with Crippen molar-refractivity contribution in [3.05, 3.63) is 54.2 Å². The summed E-state index contributed by atoms with van der Waals surface area (Å²) in [5.74, 6) is 0.318. The van der Waals surface area contributed by atoms with Crippen molar-refractivity contribution in [1.29, 1.82) is 0 Å². The third-order valence-corrected chi connectivity index (χ3v) is 1.98. The van der Waals surface area contributed by atoms with Gasteiger partial charge in [-0.1, -0.05) is 30.3 Å². The van der Waals surface area contributed by atoms with Gasteiger partial charge in [0.1, 0.15) is 0 Å². The zero-order valence-electron chi connectivity index (χ0n) is 8.55. The average molecular weight is 213 g/mol. The lowest BCUT2D eigenvalue weighted by molar-refractivity contribution is -0.111. The van der Waals surface area contributed by atoms with Gasteiger partial charge in [-0.15, -0.1) is 0 Å². The van der Waals surface area contributed by atoms with Crippen LogP contribution in [0.5, 0.6) is 0 Å². The fraction of sp³-hybridized carbons (Fsp3) is 0. The van der Waals surface area contributed by atoms with E-state index in [1.165, 1.54) is 6.08 Å². The molecule has 2 aromatic rings. The van der Waals surface area contributed by atoms with E-state index in [4.69, 9.17) is 0 Å². The molecule has 0 aliphatic carbocycles. The van der Waals surface area contributed by atoms with Crippen molar-refractivity contribution in [2.75, 3.05) is 5.32 Å². The van der Waals surface area contributed by atoms with E-state index >= 15 is 0 Å². The first-order chi connectivity index (χ1) is 7.84. The van der Waals surface area contributed by atoms with Crippen molar-refractivity contribution in [2.45, 2.75) is 0 Å². The minimum Gasteiger partial charge on any atom is -0.306 e. The van der Waals surface area contributed by atoms with Crippen molar-refractivity contribution in [2.24, 2.45) is 0 Å². The normalized spacial score (nSPS) is 10.5. The number of rotatable bonds is 3. The zero-order chi connectivity index (χ0) is 11.2. The molecule has 0 saturated heterocycles. The van der Waals surface area contributed by atoms with Crippen LogP contribution in [0.2, 0.25) is 0 Å². The highest BCUT2D eigenvalue weighted by atomic mass is 16.1. The molecule has 2 rings (SSSR count). The van der Waals surface area contributed by atoms with Crippen LogP contribution in [0.4, 0.5) is 5.82 Å². The molecule has 0 radical (unpaired) electrons. The second kappa shape index (κ2) is 4.93. The van der Waals surface area contributed by atoms with Gasteiger partial charge in [-0.25, -0.2) is 0 Å². The lowest BCUT2D eigenvalue weighted by Crippen LogP contribution is -2.07. The molecule has 1 aromatic heterocycles. The number of H-pyrrole nitrogens is 1. The van der Waals surface area contributed by atoms with E-state index in [1.54, 1.807) is 18.3 Å². The van der Waals surface area contributed by atoms with E-state index < -0.39 is 0 Å². The van der Waals surface area contributed by atoms with Gasteiger partial charge in [0.05, 0.1) is 0 Å². The fourth-order valence-electron chi connectivity index (χ4n) is 1.23. The van der Waals surface area contributed by atoms with Gasteiger partial charge in [-0.3, -0.25) is 9.89 Å². The highest BCUT2D eigenvalue weighted by molar-refractivity contribution is 6.01. The molecule has 0 unspecified atom stereocenters. The Hall–Kier alpha value is -2.36. The van der Waals surface area contributed by atoms with Crippen LogP contribution < -0.4 is 5.32 Å². The second-order valence-corrected chi connectivity index (χ2v) is 3.19. The number of hydrogen-bond acceptors (Lipinski definition) is 2. The highest BCUT2D eigenvalue weighted by Crippen LogP contribution is 2.02. The first-order valence-electron chi connectivity index (χ1n) is 4.88. The molecular weight excluding hydrogens is 202 g/mol. The topological polar surface area (TPSA) is 57.8 Å². The Bertz CT molecular complexity index is 474. The predicted octanol–water partition coefficient (Wildman–Crippen LogP) is 2.06. The number of aromatic nitrogens is 2. The number of benzene rings is 1. The van der Waals surface area contributed by atoms with E-state index in [-0.39, 0.29) is 5.91 Å². The van der Waals surface area contributed by atoms with Gasteiger partial charge in [0.15, 0.2) is 5.82 Å². The molecule has 80 valence electrons. The van der Waals surface area contributed by atoms with Crippen LogP contribution in [0, 0.1) is 0 Å². The standard InChI is InChI=1S/C12H11N3O/c16-12(14-11-8-9-13-15-11)7-6-10-4-2-1-3-5-10/h1-9H,(H2,13,14,15,16)/b7-6-. The number of amides is 1. The molecule has 0 aliphatic rings. The number of aromatic amines is 1. The summed E-state index contributed by atoms with van der Waals surface area (Å²) in [6.07, 6.45) is 4.88. The number of anilines is 1. The Kier molecular flexibility index (Phi) is 3.13. The van der Waals surface area contributed by atoms with Crippen molar-refractivity contribution >= 4 is 17.8 Å². The van der Waals surface area contributed by atoms with Gasteiger partial charge in [0.2, 0.25) is 5.91 Å². The van der Waals surface area contributed by atoms with Crippen LogP contribution in [-0.2, 0) is 4.79 Å². The lowest BCUT2D eigenvalue weighted by atomic mass is 10.2. The van der Waals surface area contributed by atoms with Crippen LogP contribution in [0.25, 0.3) is 6.08 Å². The summed E-state index contributed by atoms with van der Waals surface area (Å²) in [5.41, 5.74) is 0.986. The molecule has 16 heavy (non-hydrogen) atoms. The third-order valence-electron chi connectivity index (χ3n) is 1.98. The molecule has 0 bridgehead atoms. The molecule has 1 amide bonds. The number of carbonyl (C=O) groups excluding carboxylic acids is 1. The molecule has 0 spiro atoms. The third kappa shape index (κ3) is 2.81. The van der Waals surface area contributed by atoms with E-state index in [9.17, 15) is 4.79 Å². The summed E-state index contributed by atoms with van der Waals surface area (Å²) in [7, 11) is 0. The van der Waals surface area contributed by atoms with Gasteiger partial charge in [-0.05, 0) is 11.6 Å². The summed E-state index contributed by atoms with van der Waals surface area (Å²) < 4.78 is 0. The summed E-state index contributed by atoms with van der Waals surface area (Å²) in [5, 5.41) is 9.06.